The Hall–Kier alpha value is -1.92. The number of para-hydroxylation sites is 1. The maximum absolute atomic E-state index is 12.1. The van der Waals surface area contributed by atoms with Gasteiger partial charge in [-0.25, -0.2) is 0 Å². The summed E-state index contributed by atoms with van der Waals surface area (Å²) in [6.45, 7) is 2.65. The van der Waals surface area contributed by atoms with E-state index in [0.717, 1.165) is 11.3 Å². The van der Waals surface area contributed by atoms with E-state index < -0.39 is 12.6 Å². The Labute approximate surface area is 122 Å². The molecule has 0 radical (unpaired) electrons. The van der Waals surface area contributed by atoms with Gasteiger partial charge in [0.2, 0.25) is 0 Å². The van der Waals surface area contributed by atoms with Crippen molar-refractivity contribution in [3.8, 4) is 5.75 Å². The molecule has 118 valence electrons. The van der Waals surface area contributed by atoms with Gasteiger partial charge >= 0.3 is 6.18 Å². The van der Waals surface area contributed by atoms with E-state index in [4.69, 9.17) is 4.74 Å². The van der Waals surface area contributed by atoms with E-state index in [1.165, 1.54) is 7.05 Å². The van der Waals surface area contributed by atoms with Gasteiger partial charge in [0.15, 0.2) is 5.96 Å². The molecular formula is C14H20F3N3O. The second-order valence-corrected chi connectivity index (χ2v) is 4.26. The Morgan fingerprint density at radius 2 is 1.95 bits per heavy atom. The summed E-state index contributed by atoms with van der Waals surface area (Å²) >= 11 is 0. The Morgan fingerprint density at radius 3 is 2.57 bits per heavy atom. The van der Waals surface area contributed by atoms with E-state index in [-0.39, 0.29) is 6.54 Å². The smallest absolute Gasteiger partial charge is 0.390 e. The van der Waals surface area contributed by atoms with Gasteiger partial charge < -0.3 is 15.4 Å². The highest BCUT2D eigenvalue weighted by Gasteiger charge is 2.26. The summed E-state index contributed by atoms with van der Waals surface area (Å²) < 4.78 is 41.7. The van der Waals surface area contributed by atoms with Crippen molar-refractivity contribution in [2.75, 3.05) is 20.2 Å². The van der Waals surface area contributed by atoms with Crippen molar-refractivity contribution in [1.29, 1.82) is 0 Å². The molecule has 1 aromatic rings. The quantitative estimate of drug-likeness (QED) is 0.627. The molecule has 0 aromatic heterocycles. The number of hydrogen-bond acceptors (Lipinski definition) is 2. The van der Waals surface area contributed by atoms with Crippen LogP contribution in [0.2, 0.25) is 0 Å². The number of guanidine groups is 1. The summed E-state index contributed by atoms with van der Waals surface area (Å²) in [5.41, 5.74) is 0.915. The van der Waals surface area contributed by atoms with Gasteiger partial charge in [0.05, 0.1) is 13.0 Å². The van der Waals surface area contributed by atoms with Gasteiger partial charge in [0.1, 0.15) is 5.75 Å². The minimum absolute atomic E-state index is 0.212. The van der Waals surface area contributed by atoms with Crippen molar-refractivity contribution in [2.45, 2.75) is 26.1 Å². The summed E-state index contributed by atoms with van der Waals surface area (Å²) in [6.07, 6.45) is -5.07. The highest BCUT2D eigenvalue weighted by Crippen LogP contribution is 2.18. The van der Waals surface area contributed by atoms with Crippen LogP contribution in [-0.2, 0) is 6.54 Å². The summed E-state index contributed by atoms with van der Waals surface area (Å²) in [5, 5.41) is 5.59. The predicted octanol–water partition coefficient (Wildman–Crippen LogP) is 2.70. The van der Waals surface area contributed by atoms with Gasteiger partial charge in [-0.2, -0.15) is 13.2 Å². The second-order valence-electron chi connectivity index (χ2n) is 4.26. The molecule has 0 fully saturated rings. The third-order valence-electron chi connectivity index (χ3n) is 2.64. The first-order chi connectivity index (χ1) is 9.96. The predicted molar refractivity (Wildman–Crippen MR) is 76.5 cm³/mol. The number of alkyl halides is 3. The summed E-state index contributed by atoms with van der Waals surface area (Å²) in [5.74, 6) is 1.07. The lowest BCUT2D eigenvalue weighted by Gasteiger charge is -2.14. The van der Waals surface area contributed by atoms with E-state index in [1.807, 2.05) is 31.2 Å². The van der Waals surface area contributed by atoms with E-state index in [1.54, 1.807) is 0 Å². The average molecular weight is 303 g/mol. The molecule has 0 aliphatic rings. The fourth-order valence-electron chi connectivity index (χ4n) is 1.67. The monoisotopic (exact) mass is 303 g/mol. The first kappa shape index (κ1) is 17.1. The van der Waals surface area contributed by atoms with Crippen LogP contribution in [0, 0.1) is 0 Å². The van der Waals surface area contributed by atoms with Crippen molar-refractivity contribution in [2.24, 2.45) is 4.99 Å². The van der Waals surface area contributed by atoms with Crippen molar-refractivity contribution >= 4 is 5.96 Å². The minimum Gasteiger partial charge on any atom is -0.494 e. The molecule has 0 unspecified atom stereocenters. The van der Waals surface area contributed by atoms with Crippen LogP contribution in [0.25, 0.3) is 0 Å². The first-order valence-corrected chi connectivity index (χ1v) is 6.68. The third kappa shape index (κ3) is 6.87. The highest BCUT2D eigenvalue weighted by atomic mass is 19.4. The molecule has 0 aliphatic heterocycles. The normalized spacial score (nSPS) is 12.1. The van der Waals surface area contributed by atoms with E-state index >= 15 is 0 Å². The van der Waals surface area contributed by atoms with E-state index in [9.17, 15) is 13.2 Å². The van der Waals surface area contributed by atoms with Crippen molar-refractivity contribution in [3.63, 3.8) is 0 Å². The number of aliphatic imine (C=N–C) groups is 1. The molecular weight excluding hydrogens is 283 g/mol. The van der Waals surface area contributed by atoms with Gasteiger partial charge in [-0.15, -0.1) is 0 Å². The van der Waals surface area contributed by atoms with Crippen LogP contribution >= 0.6 is 0 Å². The zero-order valence-corrected chi connectivity index (χ0v) is 12.1. The maximum Gasteiger partial charge on any atom is 0.390 e. The standard InChI is InChI=1S/C14H20F3N3O/c1-3-21-12-7-5-4-6-11(12)10-20-13(18-2)19-9-8-14(15,16)17/h4-7H,3,8-10H2,1-2H3,(H2,18,19,20). The molecule has 0 aliphatic carbocycles. The molecule has 7 heteroatoms. The molecule has 4 nitrogen and oxygen atoms in total. The molecule has 0 amide bonds. The van der Waals surface area contributed by atoms with Crippen LogP contribution < -0.4 is 15.4 Å². The molecule has 1 aromatic carbocycles. The lowest BCUT2D eigenvalue weighted by atomic mass is 10.2. The number of halogens is 3. The first-order valence-electron chi connectivity index (χ1n) is 6.68. The van der Waals surface area contributed by atoms with Gasteiger partial charge in [0.25, 0.3) is 0 Å². The van der Waals surface area contributed by atoms with Crippen molar-refractivity contribution in [3.05, 3.63) is 29.8 Å². The molecule has 0 saturated carbocycles. The summed E-state index contributed by atoms with van der Waals surface area (Å²) in [6, 6.07) is 7.48. The van der Waals surface area contributed by atoms with Crippen LogP contribution in [0.1, 0.15) is 18.9 Å². The van der Waals surface area contributed by atoms with Gasteiger partial charge in [0, 0.05) is 25.7 Å². The number of nitrogens with zero attached hydrogens (tertiary/aromatic N) is 1. The van der Waals surface area contributed by atoms with Crippen LogP contribution in [0.15, 0.2) is 29.3 Å². The van der Waals surface area contributed by atoms with Crippen LogP contribution in [0.3, 0.4) is 0 Å². The van der Waals surface area contributed by atoms with Crippen LogP contribution in [0.5, 0.6) is 5.75 Å². The average Bonchev–Trinajstić information content (AvgIpc) is 2.43. The number of hydrogen-bond donors (Lipinski definition) is 2. The summed E-state index contributed by atoms with van der Waals surface area (Å²) in [7, 11) is 1.51. The zero-order valence-electron chi connectivity index (χ0n) is 12.1. The maximum atomic E-state index is 12.1. The van der Waals surface area contributed by atoms with Gasteiger partial charge in [-0.3, -0.25) is 4.99 Å². The lowest BCUT2D eigenvalue weighted by molar-refractivity contribution is -0.132. The Bertz CT molecular complexity index is 461. The number of nitrogens with one attached hydrogen (secondary N) is 2. The van der Waals surface area contributed by atoms with E-state index in [0.29, 0.717) is 19.1 Å². The number of benzene rings is 1. The highest BCUT2D eigenvalue weighted by molar-refractivity contribution is 5.79. The number of ether oxygens (including phenoxy) is 1. The Morgan fingerprint density at radius 1 is 1.24 bits per heavy atom. The van der Waals surface area contributed by atoms with Gasteiger partial charge in [-0.05, 0) is 13.0 Å². The summed E-state index contributed by atoms with van der Waals surface area (Å²) in [4.78, 5) is 3.88. The zero-order chi connectivity index (χ0) is 15.7. The Balaban J connectivity index is 2.49. The second kappa shape index (κ2) is 8.39. The van der Waals surface area contributed by atoms with Crippen molar-refractivity contribution in [1.82, 2.24) is 10.6 Å². The number of rotatable bonds is 6. The topological polar surface area (TPSA) is 45.6 Å². The minimum atomic E-state index is -4.17. The molecule has 21 heavy (non-hydrogen) atoms. The van der Waals surface area contributed by atoms with Gasteiger partial charge in [-0.1, -0.05) is 18.2 Å². The third-order valence-corrected chi connectivity index (χ3v) is 2.64. The van der Waals surface area contributed by atoms with Crippen molar-refractivity contribution < 1.29 is 17.9 Å². The van der Waals surface area contributed by atoms with Crippen LogP contribution in [-0.4, -0.2) is 32.3 Å². The van der Waals surface area contributed by atoms with Crippen LogP contribution in [0.4, 0.5) is 13.2 Å². The molecule has 0 atom stereocenters. The molecule has 0 saturated heterocycles. The fourth-order valence-corrected chi connectivity index (χ4v) is 1.67. The lowest BCUT2D eigenvalue weighted by Crippen LogP contribution is -2.38. The van der Waals surface area contributed by atoms with E-state index in [2.05, 4.69) is 15.6 Å². The molecule has 0 spiro atoms. The fraction of sp³-hybridized carbons (Fsp3) is 0.500. The molecule has 0 bridgehead atoms. The molecule has 1 rings (SSSR count). The Kier molecular flexibility index (Phi) is 6.84. The largest absolute Gasteiger partial charge is 0.494 e. The SMILES string of the molecule is CCOc1ccccc1CNC(=NC)NCCC(F)(F)F. The molecule has 2 N–H and O–H groups in total. The molecule has 0 heterocycles.